The summed E-state index contributed by atoms with van der Waals surface area (Å²) >= 11 is 0. The number of carbonyl (C=O) groups excluding carboxylic acids is 1. The third kappa shape index (κ3) is 10.2. The first kappa shape index (κ1) is 31.7. The zero-order valence-electron chi connectivity index (χ0n) is 26.1. The van der Waals surface area contributed by atoms with Crippen LogP contribution in [0.3, 0.4) is 0 Å². The van der Waals surface area contributed by atoms with Crippen LogP contribution in [-0.2, 0) is 16.0 Å². The Bertz CT molecular complexity index is 1060. The zero-order valence-corrected chi connectivity index (χ0v) is 26.1. The highest BCUT2D eigenvalue weighted by Gasteiger charge is 2.39. The average molecular weight is 565 g/mol. The van der Waals surface area contributed by atoms with Crippen molar-refractivity contribution in [2.24, 2.45) is 17.8 Å². The quantitative estimate of drug-likeness (QED) is 0.268. The molecule has 2 aliphatic rings. The molecular weight excluding hydrogens is 511 g/mol. The molecule has 0 spiro atoms. The van der Waals surface area contributed by atoms with Gasteiger partial charge >= 0.3 is 5.97 Å². The van der Waals surface area contributed by atoms with Gasteiger partial charge in [0.15, 0.2) is 0 Å². The number of nitrogens with zero attached hydrogens (tertiary/aromatic N) is 1. The summed E-state index contributed by atoms with van der Waals surface area (Å²) in [5.41, 5.74) is 2.18. The lowest BCUT2D eigenvalue weighted by atomic mass is 9.87. The molecule has 1 saturated heterocycles. The van der Waals surface area contributed by atoms with E-state index >= 15 is 0 Å². The van der Waals surface area contributed by atoms with Crippen molar-refractivity contribution in [1.82, 2.24) is 10.2 Å². The van der Waals surface area contributed by atoms with Crippen molar-refractivity contribution in [3.63, 3.8) is 0 Å². The number of aryl methyl sites for hydroxylation is 1. The minimum Gasteiger partial charge on any atom is -0.459 e. The molecule has 1 heterocycles. The van der Waals surface area contributed by atoms with Gasteiger partial charge in [-0.2, -0.15) is 0 Å². The molecule has 5 heteroatoms. The second-order valence-corrected chi connectivity index (χ2v) is 14.1. The van der Waals surface area contributed by atoms with Crippen molar-refractivity contribution >= 4 is 5.97 Å². The number of rotatable bonds is 12. The van der Waals surface area contributed by atoms with Crippen LogP contribution in [0.5, 0.6) is 0 Å². The minimum absolute atomic E-state index is 0.118. The molecule has 4 atom stereocenters. The van der Waals surface area contributed by atoms with Crippen LogP contribution >= 0.6 is 0 Å². The SMILES string of the molecule is CC(C)C[C@@H](NC1CC(CN2CCC(CCCc3ccc(F)cc3)CC2)C(c2ccccc2)C1)C(=O)OC(C)(C)C. The van der Waals surface area contributed by atoms with Crippen LogP contribution in [0.4, 0.5) is 4.39 Å². The van der Waals surface area contributed by atoms with E-state index < -0.39 is 5.60 Å². The predicted octanol–water partition coefficient (Wildman–Crippen LogP) is 7.77. The fraction of sp³-hybridized carbons (Fsp3) is 0.639. The van der Waals surface area contributed by atoms with E-state index in [0.29, 0.717) is 23.8 Å². The Morgan fingerprint density at radius 3 is 2.34 bits per heavy atom. The summed E-state index contributed by atoms with van der Waals surface area (Å²) in [6, 6.07) is 18.0. The van der Waals surface area contributed by atoms with Gasteiger partial charge in [0.2, 0.25) is 0 Å². The van der Waals surface area contributed by atoms with Crippen molar-refractivity contribution in [2.45, 2.75) is 110 Å². The minimum atomic E-state index is -0.480. The number of likely N-dealkylation sites (tertiary alicyclic amines) is 1. The molecule has 3 unspecified atom stereocenters. The second kappa shape index (κ2) is 14.8. The number of piperidine rings is 1. The lowest BCUT2D eigenvalue weighted by Gasteiger charge is -2.35. The lowest BCUT2D eigenvalue weighted by molar-refractivity contribution is -0.158. The third-order valence-corrected chi connectivity index (χ3v) is 8.95. The maximum absolute atomic E-state index is 13.2. The van der Waals surface area contributed by atoms with Gasteiger partial charge in [-0.1, -0.05) is 62.7 Å². The summed E-state index contributed by atoms with van der Waals surface area (Å²) in [5, 5.41) is 3.77. The van der Waals surface area contributed by atoms with Crippen molar-refractivity contribution in [2.75, 3.05) is 19.6 Å². The molecule has 1 aliphatic carbocycles. The molecule has 0 aromatic heterocycles. The highest BCUT2D eigenvalue weighted by molar-refractivity contribution is 5.76. The second-order valence-electron chi connectivity index (χ2n) is 14.1. The topological polar surface area (TPSA) is 41.6 Å². The van der Waals surface area contributed by atoms with E-state index in [0.717, 1.165) is 38.1 Å². The number of nitrogens with one attached hydrogen (secondary N) is 1. The Hall–Kier alpha value is -2.24. The van der Waals surface area contributed by atoms with Gasteiger partial charge in [-0.3, -0.25) is 4.79 Å². The van der Waals surface area contributed by atoms with Crippen LogP contribution in [0.2, 0.25) is 0 Å². The fourth-order valence-corrected chi connectivity index (χ4v) is 6.97. The van der Waals surface area contributed by atoms with Crippen LogP contribution in [0, 0.1) is 23.6 Å². The molecule has 226 valence electrons. The first-order chi connectivity index (χ1) is 19.6. The van der Waals surface area contributed by atoms with Gasteiger partial charge in [0, 0.05) is 12.6 Å². The molecule has 1 N–H and O–H groups in total. The van der Waals surface area contributed by atoms with Gasteiger partial charge < -0.3 is 15.0 Å². The molecule has 41 heavy (non-hydrogen) atoms. The van der Waals surface area contributed by atoms with Gasteiger partial charge in [-0.25, -0.2) is 4.39 Å². The smallest absolute Gasteiger partial charge is 0.323 e. The number of ether oxygens (including phenoxy) is 1. The van der Waals surface area contributed by atoms with Crippen LogP contribution in [0.25, 0.3) is 0 Å². The van der Waals surface area contributed by atoms with Crippen molar-refractivity contribution in [3.8, 4) is 0 Å². The van der Waals surface area contributed by atoms with Crippen molar-refractivity contribution in [1.29, 1.82) is 0 Å². The van der Waals surface area contributed by atoms with Crippen LogP contribution in [-0.4, -0.2) is 48.2 Å². The first-order valence-corrected chi connectivity index (χ1v) is 16.1. The average Bonchev–Trinajstić information content (AvgIpc) is 3.31. The Morgan fingerprint density at radius 1 is 1.02 bits per heavy atom. The summed E-state index contributed by atoms with van der Waals surface area (Å²) in [6.07, 6.45) is 8.95. The van der Waals surface area contributed by atoms with Gasteiger partial charge in [-0.15, -0.1) is 0 Å². The standard InChI is InChI=1S/C36H53FN2O2/c1-26(2)22-34(35(40)41-36(3,4)5)38-32-23-30(33(24-32)29-12-7-6-8-13-29)25-39-20-18-28(19-21-39)11-9-10-27-14-16-31(37)17-15-27/h6-8,12-17,26,28,30,32-34,38H,9-11,18-25H2,1-5H3/t30?,32?,33?,34-/m1/s1. The van der Waals surface area contributed by atoms with Crippen LogP contribution in [0.1, 0.15) is 96.6 Å². The first-order valence-electron chi connectivity index (χ1n) is 16.1. The Kier molecular flexibility index (Phi) is 11.4. The fourth-order valence-electron chi connectivity index (χ4n) is 6.97. The van der Waals surface area contributed by atoms with Crippen molar-refractivity contribution < 1.29 is 13.9 Å². The Labute approximate surface area is 248 Å². The summed E-state index contributed by atoms with van der Waals surface area (Å²) in [6.45, 7) is 13.7. The van der Waals surface area contributed by atoms with E-state index in [4.69, 9.17) is 4.74 Å². The van der Waals surface area contributed by atoms with E-state index in [1.54, 1.807) is 12.1 Å². The predicted molar refractivity (Wildman–Crippen MR) is 166 cm³/mol. The number of hydrogen-bond acceptors (Lipinski definition) is 4. The van der Waals surface area contributed by atoms with Crippen LogP contribution in [0.15, 0.2) is 54.6 Å². The monoisotopic (exact) mass is 564 g/mol. The van der Waals surface area contributed by atoms with E-state index in [1.165, 1.54) is 49.9 Å². The number of carbonyl (C=O) groups is 1. The maximum Gasteiger partial charge on any atom is 0.323 e. The highest BCUT2D eigenvalue weighted by atomic mass is 19.1. The summed E-state index contributed by atoms with van der Waals surface area (Å²) < 4.78 is 19.0. The molecule has 0 radical (unpaired) electrons. The van der Waals surface area contributed by atoms with E-state index in [9.17, 15) is 9.18 Å². The van der Waals surface area contributed by atoms with Gasteiger partial charge in [-0.05, 0) is 126 Å². The Morgan fingerprint density at radius 2 is 1.71 bits per heavy atom. The molecule has 2 aromatic rings. The summed E-state index contributed by atoms with van der Waals surface area (Å²) in [7, 11) is 0. The van der Waals surface area contributed by atoms with Gasteiger partial charge in [0.25, 0.3) is 0 Å². The molecule has 0 bridgehead atoms. The lowest BCUT2D eigenvalue weighted by Crippen LogP contribution is -2.46. The molecule has 4 nitrogen and oxygen atoms in total. The van der Waals surface area contributed by atoms with Gasteiger partial charge in [0.1, 0.15) is 17.5 Å². The number of esters is 1. The Balaban J connectivity index is 1.32. The molecule has 0 amide bonds. The molecule has 2 aromatic carbocycles. The highest BCUT2D eigenvalue weighted by Crippen LogP contribution is 2.41. The third-order valence-electron chi connectivity index (χ3n) is 8.95. The zero-order chi connectivity index (χ0) is 29.4. The van der Waals surface area contributed by atoms with E-state index in [2.05, 4.69) is 54.4 Å². The number of hydrogen-bond donors (Lipinski definition) is 1. The van der Waals surface area contributed by atoms with Crippen LogP contribution < -0.4 is 5.32 Å². The van der Waals surface area contributed by atoms with E-state index in [-0.39, 0.29) is 17.8 Å². The molecular formula is C36H53FN2O2. The summed E-state index contributed by atoms with van der Waals surface area (Å²) in [5.74, 6) is 2.01. The maximum atomic E-state index is 13.2. The number of benzene rings is 2. The number of halogens is 1. The normalized spacial score (nSPS) is 23.1. The molecule has 2 fully saturated rings. The molecule has 1 aliphatic heterocycles. The molecule has 1 saturated carbocycles. The van der Waals surface area contributed by atoms with Gasteiger partial charge in [0.05, 0.1) is 0 Å². The van der Waals surface area contributed by atoms with Crippen molar-refractivity contribution in [3.05, 3.63) is 71.5 Å². The summed E-state index contributed by atoms with van der Waals surface area (Å²) in [4.78, 5) is 15.8. The molecule has 4 rings (SSSR count). The van der Waals surface area contributed by atoms with E-state index in [1.807, 2.05) is 32.9 Å². The largest absolute Gasteiger partial charge is 0.459 e.